The Kier molecular flexibility index (Phi) is 6.13. The van der Waals surface area contributed by atoms with E-state index in [0.717, 1.165) is 54.2 Å². The van der Waals surface area contributed by atoms with Crippen molar-refractivity contribution in [1.82, 2.24) is 14.8 Å². The molecule has 154 valence electrons. The zero-order chi connectivity index (χ0) is 20.2. The molecule has 1 fully saturated rings. The molecule has 4 rings (SSSR count). The number of fused-ring (bicyclic) bond motifs is 1. The van der Waals surface area contributed by atoms with Gasteiger partial charge in [0.05, 0.1) is 19.2 Å². The van der Waals surface area contributed by atoms with E-state index in [-0.39, 0.29) is 11.8 Å². The van der Waals surface area contributed by atoms with Gasteiger partial charge in [0.1, 0.15) is 5.75 Å². The van der Waals surface area contributed by atoms with Crippen LogP contribution in [0.15, 0.2) is 24.3 Å². The van der Waals surface area contributed by atoms with Crippen LogP contribution in [0.5, 0.6) is 5.75 Å². The standard InChI is InChI=1S/C22H27N3O3S/c1-28-17-7-5-16(6-8-17)15-20(26)24-13-9-18-19(10-14-24)29-21(23-18)22(27)25-11-3-2-4-12-25/h5-8H,2-4,9-15H2,1H3. The molecular formula is C22H27N3O3S. The van der Waals surface area contributed by atoms with E-state index in [9.17, 15) is 9.59 Å². The van der Waals surface area contributed by atoms with Crippen molar-refractivity contribution in [3.05, 3.63) is 45.4 Å². The number of hydrogen-bond donors (Lipinski definition) is 0. The van der Waals surface area contributed by atoms with Crippen molar-refractivity contribution < 1.29 is 14.3 Å². The molecule has 2 aromatic rings. The molecule has 7 heteroatoms. The van der Waals surface area contributed by atoms with Gasteiger partial charge in [-0.05, 0) is 37.0 Å². The highest BCUT2D eigenvalue weighted by Crippen LogP contribution is 2.25. The molecule has 3 heterocycles. The topological polar surface area (TPSA) is 62.7 Å². The number of likely N-dealkylation sites (tertiary alicyclic amines) is 1. The quantitative estimate of drug-likeness (QED) is 0.773. The molecule has 0 saturated carbocycles. The van der Waals surface area contributed by atoms with Crippen molar-refractivity contribution >= 4 is 23.2 Å². The number of methoxy groups -OCH3 is 1. The van der Waals surface area contributed by atoms with Gasteiger partial charge in [-0.25, -0.2) is 4.98 Å². The Morgan fingerprint density at radius 2 is 1.72 bits per heavy atom. The van der Waals surface area contributed by atoms with E-state index in [1.54, 1.807) is 7.11 Å². The first-order chi connectivity index (χ1) is 14.1. The van der Waals surface area contributed by atoms with E-state index >= 15 is 0 Å². The molecule has 1 saturated heterocycles. The fourth-order valence-electron chi connectivity index (χ4n) is 3.97. The minimum atomic E-state index is 0.0789. The third kappa shape index (κ3) is 4.61. The van der Waals surface area contributed by atoms with Crippen LogP contribution in [0.2, 0.25) is 0 Å². The van der Waals surface area contributed by atoms with E-state index in [1.165, 1.54) is 17.8 Å². The van der Waals surface area contributed by atoms with E-state index in [0.29, 0.717) is 30.9 Å². The second-order valence-electron chi connectivity index (χ2n) is 7.65. The van der Waals surface area contributed by atoms with E-state index in [2.05, 4.69) is 4.98 Å². The number of rotatable bonds is 4. The molecule has 2 aliphatic rings. The fourth-order valence-corrected chi connectivity index (χ4v) is 5.03. The van der Waals surface area contributed by atoms with Crippen molar-refractivity contribution in [3.8, 4) is 5.75 Å². The predicted molar refractivity (Wildman–Crippen MR) is 113 cm³/mol. The molecule has 0 atom stereocenters. The van der Waals surface area contributed by atoms with Gasteiger partial charge in [-0.3, -0.25) is 9.59 Å². The van der Waals surface area contributed by atoms with E-state index in [4.69, 9.17) is 4.74 Å². The summed E-state index contributed by atoms with van der Waals surface area (Å²) < 4.78 is 5.17. The Balaban J connectivity index is 1.36. The number of amides is 2. The molecule has 0 spiro atoms. The fraction of sp³-hybridized carbons (Fsp3) is 0.500. The van der Waals surface area contributed by atoms with Crippen molar-refractivity contribution in [3.63, 3.8) is 0 Å². The van der Waals surface area contributed by atoms with Crippen LogP contribution in [0.3, 0.4) is 0 Å². The first-order valence-electron chi connectivity index (χ1n) is 10.3. The van der Waals surface area contributed by atoms with Crippen LogP contribution in [-0.4, -0.2) is 59.9 Å². The summed E-state index contributed by atoms with van der Waals surface area (Å²) in [6, 6.07) is 7.64. The second kappa shape index (κ2) is 8.95. The lowest BCUT2D eigenvalue weighted by atomic mass is 10.1. The molecule has 0 aliphatic carbocycles. The number of thiazole rings is 1. The summed E-state index contributed by atoms with van der Waals surface area (Å²) in [6.07, 6.45) is 5.26. The zero-order valence-corrected chi connectivity index (χ0v) is 17.7. The predicted octanol–water partition coefficient (Wildman–Crippen LogP) is 2.95. The molecule has 6 nitrogen and oxygen atoms in total. The number of nitrogens with zero attached hydrogens (tertiary/aromatic N) is 3. The first-order valence-corrected chi connectivity index (χ1v) is 11.1. The van der Waals surface area contributed by atoms with Crippen molar-refractivity contribution in [2.24, 2.45) is 0 Å². The summed E-state index contributed by atoms with van der Waals surface area (Å²) in [6.45, 7) is 3.03. The molecule has 0 unspecified atom stereocenters. The molecule has 2 aliphatic heterocycles. The summed E-state index contributed by atoms with van der Waals surface area (Å²) >= 11 is 1.52. The first kappa shape index (κ1) is 19.9. The third-order valence-electron chi connectivity index (χ3n) is 5.70. The van der Waals surface area contributed by atoms with Crippen LogP contribution >= 0.6 is 11.3 Å². The van der Waals surface area contributed by atoms with Gasteiger partial charge in [-0.2, -0.15) is 0 Å². The third-order valence-corrected chi connectivity index (χ3v) is 6.84. The Labute approximate surface area is 175 Å². The number of hydrogen-bond acceptors (Lipinski definition) is 5. The van der Waals surface area contributed by atoms with Gasteiger partial charge in [0.2, 0.25) is 5.91 Å². The molecule has 1 aromatic heterocycles. The number of benzene rings is 1. The van der Waals surface area contributed by atoms with Gasteiger partial charge >= 0.3 is 0 Å². The minimum Gasteiger partial charge on any atom is -0.497 e. The highest BCUT2D eigenvalue weighted by Gasteiger charge is 2.26. The minimum absolute atomic E-state index is 0.0789. The van der Waals surface area contributed by atoms with Gasteiger partial charge in [0.15, 0.2) is 5.01 Å². The average Bonchev–Trinajstić information content (AvgIpc) is 3.07. The molecule has 2 amide bonds. The number of carbonyl (C=O) groups is 2. The van der Waals surface area contributed by atoms with Crippen molar-refractivity contribution in [2.45, 2.75) is 38.5 Å². The lowest BCUT2D eigenvalue weighted by molar-refractivity contribution is -0.130. The number of aromatic nitrogens is 1. The lowest BCUT2D eigenvalue weighted by Gasteiger charge is -2.25. The van der Waals surface area contributed by atoms with Gasteiger partial charge in [0, 0.05) is 43.9 Å². The molecule has 29 heavy (non-hydrogen) atoms. The van der Waals surface area contributed by atoms with Gasteiger partial charge in [-0.15, -0.1) is 11.3 Å². The van der Waals surface area contributed by atoms with Gasteiger partial charge < -0.3 is 14.5 Å². The average molecular weight is 414 g/mol. The van der Waals surface area contributed by atoms with Crippen LogP contribution in [-0.2, 0) is 24.1 Å². The van der Waals surface area contributed by atoms with E-state index < -0.39 is 0 Å². The number of carbonyl (C=O) groups excluding carboxylic acids is 2. The maximum atomic E-state index is 12.7. The highest BCUT2D eigenvalue weighted by atomic mass is 32.1. The number of ether oxygens (including phenoxy) is 1. The Hall–Kier alpha value is -2.41. The summed E-state index contributed by atoms with van der Waals surface area (Å²) in [5.41, 5.74) is 1.98. The van der Waals surface area contributed by atoms with Crippen LogP contribution in [0.4, 0.5) is 0 Å². The second-order valence-corrected chi connectivity index (χ2v) is 8.73. The summed E-state index contributed by atoms with van der Waals surface area (Å²) in [5.74, 6) is 1.01. The van der Waals surface area contributed by atoms with Gasteiger partial charge in [-0.1, -0.05) is 12.1 Å². The van der Waals surface area contributed by atoms with E-state index in [1.807, 2.05) is 34.1 Å². The maximum Gasteiger partial charge on any atom is 0.282 e. The van der Waals surface area contributed by atoms with Crippen LogP contribution in [0.1, 0.15) is 45.2 Å². The summed E-state index contributed by atoms with van der Waals surface area (Å²) in [4.78, 5) is 35.1. The van der Waals surface area contributed by atoms with Crippen LogP contribution < -0.4 is 4.74 Å². The molecule has 0 N–H and O–H groups in total. The maximum absolute atomic E-state index is 12.7. The van der Waals surface area contributed by atoms with Crippen LogP contribution in [0, 0.1) is 0 Å². The van der Waals surface area contributed by atoms with Crippen LogP contribution in [0.25, 0.3) is 0 Å². The summed E-state index contributed by atoms with van der Waals surface area (Å²) in [5, 5.41) is 0.620. The van der Waals surface area contributed by atoms with Gasteiger partial charge in [0.25, 0.3) is 5.91 Å². The van der Waals surface area contributed by atoms with Crippen molar-refractivity contribution in [2.75, 3.05) is 33.3 Å². The molecule has 1 aromatic carbocycles. The smallest absolute Gasteiger partial charge is 0.282 e. The summed E-state index contributed by atoms with van der Waals surface area (Å²) in [7, 11) is 1.63. The Morgan fingerprint density at radius 1 is 1.00 bits per heavy atom. The Bertz CT molecular complexity index is 846. The highest BCUT2D eigenvalue weighted by molar-refractivity contribution is 7.13. The largest absolute Gasteiger partial charge is 0.497 e. The normalized spacial score (nSPS) is 16.9. The number of piperidine rings is 1. The molecule has 0 bridgehead atoms. The SMILES string of the molecule is COc1ccc(CC(=O)N2CCc3nc(C(=O)N4CCCCC4)sc3CC2)cc1. The molecular weight excluding hydrogens is 386 g/mol. The zero-order valence-electron chi connectivity index (χ0n) is 16.9. The Morgan fingerprint density at radius 3 is 2.45 bits per heavy atom. The molecule has 0 radical (unpaired) electrons. The van der Waals surface area contributed by atoms with Crippen molar-refractivity contribution in [1.29, 1.82) is 0 Å². The lowest BCUT2D eigenvalue weighted by Crippen LogP contribution is -2.35. The monoisotopic (exact) mass is 413 g/mol.